The van der Waals surface area contributed by atoms with Gasteiger partial charge in [-0.25, -0.2) is 14.4 Å². The standard InChI is InChI=1S/C23H22Cl4N4O4/c1-5-12(2)30-20(32)28(13-6-8-15(24)17(26)10-13)19(23(30,3)4)31-21(33)29(22(34)35-31)14-7-9-16(25)18(27)11-14/h6-12,19H,5H2,1-4H3/t12-,19+/m1/s1. The van der Waals surface area contributed by atoms with Gasteiger partial charge in [0.1, 0.15) is 0 Å². The molecule has 1 aliphatic heterocycles. The first kappa shape index (κ1) is 25.7. The zero-order chi connectivity index (χ0) is 25.8. The van der Waals surface area contributed by atoms with Gasteiger partial charge in [-0.15, -0.1) is 4.74 Å². The Balaban J connectivity index is 1.95. The van der Waals surface area contributed by atoms with Gasteiger partial charge in [-0.3, -0.25) is 4.90 Å². The smallest absolute Gasteiger partial charge is 0.314 e. The Morgan fingerprint density at radius 3 is 2.00 bits per heavy atom. The van der Waals surface area contributed by atoms with Crippen LogP contribution < -0.4 is 16.3 Å². The molecule has 12 heteroatoms. The largest absolute Gasteiger partial charge is 0.447 e. The first-order chi connectivity index (χ1) is 16.4. The Kier molecular flexibility index (Phi) is 6.79. The SMILES string of the molecule is CC[C@@H](C)N1C(=O)N(c2ccc(Cl)c(Cl)c2)[C@@H](n2oc(=O)n(-c3ccc(Cl)c(Cl)c3)c2=O)C1(C)C. The fraction of sp³-hybridized carbons (Fsp3) is 0.348. The van der Waals surface area contributed by atoms with Crippen LogP contribution >= 0.6 is 46.4 Å². The van der Waals surface area contributed by atoms with E-state index in [1.165, 1.54) is 29.2 Å². The maximum atomic E-state index is 13.8. The minimum atomic E-state index is -1.02. The maximum absolute atomic E-state index is 13.8. The van der Waals surface area contributed by atoms with Gasteiger partial charge in [-0.2, -0.15) is 4.57 Å². The molecule has 35 heavy (non-hydrogen) atoms. The number of benzene rings is 2. The molecule has 2 heterocycles. The molecule has 0 N–H and O–H groups in total. The van der Waals surface area contributed by atoms with Crippen molar-refractivity contribution in [2.24, 2.45) is 0 Å². The summed E-state index contributed by atoms with van der Waals surface area (Å²) in [6.07, 6.45) is -0.356. The van der Waals surface area contributed by atoms with E-state index in [-0.39, 0.29) is 32.8 Å². The molecule has 0 saturated carbocycles. The van der Waals surface area contributed by atoms with Crippen LogP contribution in [0.3, 0.4) is 0 Å². The van der Waals surface area contributed by atoms with Gasteiger partial charge in [-0.1, -0.05) is 53.3 Å². The molecule has 1 fully saturated rings. The highest BCUT2D eigenvalue weighted by Gasteiger charge is 2.56. The molecule has 186 valence electrons. The van der Waals surface area contributed by atoms with E-state index < -0.39 is 23.2 Å². The van der Waals surface area contributed by atoms with Crippen LogP contribution in [0.5, 0.6) is 0 Å². The summed E-state index contributed by atoms with van der Waals surface area (Å²) in [6, 6.07) is 8.50. The monoisotopic (exact) mass is 558 g/mol. The minimum Gasteiger partial charge on any atom is -0.314 e. The van der Waals surface area contributed by atoms with Crippen LogP contribution in [0.4, 0.5) is 10.5 Å². The van der Waals surface area contributed by atoms with E-state index in [0.29, 0.717) is 17.1 Å². The van der Waals surface area contributed by atoms with E-state index in [0.717, 1.165) is 9.31 Å². The molecule has 1 aliphatic rings. The predicted octanol–water partition coefficient (Wildman–Crippen LogP) is 6.22. The van der Waals surface area contributed by atoms with Crippen molar-refractivity contribution in [2.45, 2.75) is 51.9 Å². The summed E-state index contributed by atoms with van der Waals surface area (Å²) in [5, 5.41) is 0.980. The third-order valence-electron chi connectivity index (χ3n) is 6.24. The molecule has 1 aromatic heterocycles. The van der Waals surface area contributed by atoms with E-state index in [1.54, 1.807) is 17.0 Å². The van der Waals surface area contributed by atoms with Gasteiger partial charge >= 0.3 is 17.5 Å². The Labute approximate surface area is 221 Å². The Morgan fingerprint density at radius 2 is 1.46 bits per heavy atom. The highest BCUT2D eigenvalue weighted by molar-refractivity contribution is 6.42. The van der Waals surface area contributed by atoms with Gasteiger partial charge in [0.2, 0.25) is 0 Å². The summed E-state index contributed by atoms with van der Waals surface area (Å²) in [5.41, 5.74) is -1.18. The lowest BCUT2D eigenvalue weighted by atomic mass is 9.98. The number of urea groups is 1. The number of hydrogen-bond acceptors (Lipinski definition) is 4. The van der Waals surface area contributed by atoms with Crippen LogP contribution in [0.15, 0.2) is 50.5 Å². The molecule has 2 aromatic carbocycles. The molecule has 0 spiro atoms. The van der Waals surface area contributed by atoms with Crippen molar-refractivity contribution in [1.82, 2.24) is 14.2 Å². The number of anilines is 1. The van der Waals surface area contributed by atoms with Gasteiger partial charge < -0.3 is 9.42 Å². The fourth-order valence-corrected chi connectivity index (χ4v) is 5.04. The molecule has 1 saturated heterocycles. The van der Waals surface area contributed by atoms with Crippen LogP contribution in [0.2, 0.25) is 20.1 Å². The summed E-state index contributed by atoms with van der Waals surface area (Å²) in [7, 11) is 0. The van der Waals surface area contributed by atoms with Crippen LogP contribution in [-0.4, -0.2) is 31.8 Å². The Morgan fingerprint density at radius 1 is 0.914 bits per heavy atom. The molecule has 2 amide bonds. The number of nitrogens with zero attached hydrogens (tertiary/aromatic N) is 4. The van der Waals surface area contributed by atoms with Crippen molar-refractivity contribution in [1.29, 1.82) is 0 Å². The molecule has 4 rings (SSSR count). The quantitative estimate of drug-likeness (QED) is 0.371. The molecule has 3 aromatic rings. The average Bonchev–Trinajstić information content (AvgIpc) is 3.19. The minimum absolute atomic E-state index is 0.167. The molecule has 0 radical (unpaired) electrons. The third kappa shape index (κ3) is 4.16. The lowest BCUT2D eigenvalue weighted by molar-refractivity contribution is 0.0756. The third-order valence-corrected chi connectivity index (χ3v) is 7.72. The van der Waals surface area contributed by atoms with Crippen molar-refractivity contribution in [2.75, 3.05) is 4.90 Å². The summed E-state index contributed by atoms with van der Waals surface area (Å²) in [6.45, 7) is 7.48. The van der Waals surface area contributed by atoms with Crippen molar-refractivity contribution < 1.29 is 9.32 Å². The number of carbonyl (C=O) groups excluding carboxylic acids is 1. The van der Waals surface area contributed by atoms with Crippen LogP contribution in [0, 0.1) is 0 Å². The first-order valence-corrected chi connectivity index (χ1v) is 12.3. The van der Waals surface area contributed by atoms with Crippen molar-refractivity contribution in [3.05, 3.63) is 77.5 Å². The maximum Gasteiger partial charge on any atom is 0.447 e. The molecule has 2 atom stereocenters. The van der Waals surface area contributed by atoms with Crippen LogP contribution in [-0.2, 0) is 0 Å². The van der Waals surface area contributed by atoms with Gasteiger partial charge in [-0.05, 0) is 63.6 Å². The molecular formula is C23H22Cl4N4O4. The number of carbonyl (C=O) groups is 1. The highest BCUT2D eigenvalue weighted by atomic mass is 35.5. The fourth-order valence-electron chi connectivity index (χ4n) is 4.46. The second-order valence-electron chi connectivity index (χ2n) is 8.80. The zero-order valence-corrected chi connectivity index (χ0v) is 22.3. The Bertz CT molecular complexity index is 1430. The van der Waals surface area contributed by atoms with Crippen molar-refractivity contribution in [3.63, 3.8) is 0 Å². The molecular weight excluding hydrogens is 538 g/mol. The molecule has 0 aliphatic carbocycles. The summed E-state index contributed by atoms with van der Waals surface area (Å²) >= 11 is 24.4. The van der Waals surface area contributed by atoms with Gasteiger partial charge in [0.15, 0.2) is 6.17 Å². The van der Waals surface area contributed by atoms with Crippen molar-refractivity contribution in [3.8, 4) is 5.69 Å². The van der Waals surface area contributed by atoms with Crippen LogP contribution in [0.1, 0.15) is 40.3 Å². The number of aromatic nitrogens is 2. The topological polar surface area (TPSA) is 80.7 Å². The van der Waals surface area contributed by atoms with E-state index in [1.807, 2.05) is 27.7 Å². The van der Waals surface area contributed by atoms with Crippen LogP contribution in [0.25, 0.3) is 5.69 Å². The summed E-state index contributed by atoms with van der Waals surface area (Å²) in [5.74, 6) is -0.937. The van der Waals surface area contributed by atoms with E-state index in [2.05, 4.69) is 0 Å². The molecule has 8 nitrogen and oxygen atoms in total. The van der Waals surface area contributed by atoms with Gasteiger partial charge in [0.25, 0.3) is 0 Å². The lowest BCUT2D eigenvalue weighted by Crippen LogP contribution is -2.50. The van der Waals surface area contributed by atoms with E-state index in [4.69, 9.17) is 50.9 Å². The molecule has 0 bridgehead atoms. The number of rotatable bonds is 5. The van der Waals surface area contributed by atoms with E-state index in [9.17, 15) is 14.4 Å². The normalized spacial score (nSPS) is 18.4. The molecule has 0 unspecified atom stereocenters. The number of hydrogen-bond donors (Lipinski definition) is 0. The highest BCUT2D eigenvalue weighted by Crippen LogP contribution is 2.44. The summed E-state index contributed by atoms with van der Waals surface area (Å²) in [4.78, 5) is 43.2. The predicted molar refractivity (Wildman–Crippen MR) is 138 cm³/mol. The van der Waals surface area contributed by atoms with Gasteiger partial charge in [0, 0.05) is 11.7 Å². The van der Waals surface area contributed by atoms with Gasteiger partial charge in [0.05, 0.1) is 31.3 Å². The second-order valence-corrected chi connectivity index (χ2v) is 10.4. The lowest BCUT2D eigenvalue weighted by Gasteiger charge is -2.37. The number of halogens is 4. The Hall–Kier alpha value is -2.39. The zero-order valence-electron chi connectivity index (χ0n) is 19.3. The number of amides is 2. The summed E-state index contributed by atoms with van der Waals surface area (Å²) < 4.78 is 7.21. The second kappa shape index (κ2) is 9.24. The van der Waals surface area contributed by atoms with Crippen molar-refractivity contribution >= 4 is 58.1 Å². The van der Waals surface area contributed by atoms with E-state index >= 15 is 0 Å². The first-order valence-electron chi connectivity index (χ1n) is 10.8. The average molecular weight is 560 g/mol.